The molecular formula is C20H32IN3O2. The number of rotatable bonds is 8. The van der Waals surface area contributed by atoms with E-state index in [0.717, 1.165) is 36.8 Å². The standard InChI is InChI=1S/C20H31N3O2.HI/c1-3-21-20(22-14-13-16-7-5-4-6-8-16)23-15-19(24)17-9-11-18(25-2)12-10-17;/h7,9-12,19,24H,3-6,8,13-15H2,1-2H3,(H2,21,22,23);1H. The van der Waals surface area contributed by atoms with Crippen LogP contribution in [0.5, 0.6) is 5.75 Å². The summed E-state index contributed by atoms with van der Waals surface area (Å²) in [6, 6.07) is 7.44. The Hall–Kier alpha value is -1.28. The van der Waals surface area contributed by atoms with Crippen molar-refractivity contribution in [2.75, 3.05) is 26.7 Å². The molecule has 3 N–H and O–H groups in total. The third-order valence-corrected chi connectivity index (χ3v) is 4.39. The van der Waals surface area contributed by atoms with Gasteiger partial charge in [0.15, 0.2) is 5.96 Å². The second-order valence-electron chi connectivity index (χ2n) is 6.29. The number of nitrogens with zero attached hydrogens (tertiary/aromatic N) is 1. The van der Waals surface area contributed by atoms with Crippen LogP contribution in [-0.4, -0.2) is 37.8 Å². The first-order valence-electron chi connectivity index (χ1n) is 9.25. The molecule has 0 aromatic heterocycles. The molecule has 1 aromatic rings. The normalized spacial score (nSPS) is 15.5. The Morgan fingerprint density at radius 3 is 2.62 bits per heavy atom. The molecule has 0 fully saturated rings. The SMILES string of the molecule is CCNC(=NCC(O)c1ccc(OC)cc1)NCCC1=CCCCC1.I. The smallest absolute Gasteiger partial charge is 0.191 e. The Morgan fingerprint density at radius 2 is 2.00 bits per heavy atom. The molecule has 26 heavy (non-hydrogen) atoms. The van der Waals surface area contributed by atoms with E-state index in [-0.39, 0.29) is 24.0 Å². The summed E-state index contributed by atoms with van der Waals surface area (Å²) in [6.07, 6.45) is 7.90. The summed E-state index contributed by atoms with van der Waals surface area (Å²) in [4.78, 5) is 4.51. The van der Waals surface area contributed by atoms with Gasteiger partial charge in [-0.05, 0) is 56.7 Å². The van der Waals surface area contributed by atoms with Crippen molar-refractivity contribution in [3.8, 4) is 5.75 Å². The van der Waals surface area contributed by atoms with Crippen LogP contribution >= 0.6 is 24.0 Å². The first-order valence-corrected chi connectivity index (χ1v) is 9.25. The second kappa shape index (κ2) is 13.0. The Kier molecular flexibility index (Phi) is 11.4. The van der Waals surface area contributed by atoms with Gasteiger partial charge in [0, 0.05) is 13.1 Å². The van der Waals surface area contributed by atoms with Crippen molar-refractivity contribution in [2.45, 2.75) is 45.1 Å². The van der Waals surface area contributed by atoms with E-state index in [1.54, 1.807) is 12.7 Å². The number of aliphatic hydroxyl groups excluding tert-OH is 1. The number of aliphatic hydroxyl groups is 1. The van der Waals surface area contributed by atoms with E-state index in [4.69, 9.17) is 4.74 Å². The highest BCUT2D eigenvalue weighted by Gasteiger charge is 2.08. The van der Waals surface area contributed by atoms with Crippen molar-refractivity contribution in [1.82, 2.24) is 10.6 Å². The number of hydrogen-bond acceptors (Lipinski definition) is 3. The lowest BCUT2D eigenvalue weighted by atomic mass is 9.97. The van der Waals surface area contributed by atoms with Gasteiger partial charge in [-0.3, -0.25) is 4.99 Å². The molecular weight excluding hydrogens is 441 g/mol. The Bertz CT molecular complexity index is 573. The van der Waals surface area contributed by atoms with Crippen LogP contribution in [0.15, 0.2) is 40.9 Å². The number of benzene rings is 1. The Balaban J connectivity index is 0.00000338. The van der Waals surface area contributed by atoms with Gasteiger partial charge in [-0.15, -0.1) is 24.0 Å². The van der Waals surface area contributed by atoms with Crippen molar-refractivity contribution in [3.05, 3.63) is 41.5 Å². The maximum atomic E-state index is 10.3. The number of methoxy groups -OCH3 is 1. The zero-order chi connectivity index (χ0) is 17.9. The van der Waals surface area contributed by atoms with Crippen LogP contribution in [0.3, 0.4) is 0 Å². The van der Waals surface area contributed by atoms with E-state index >= 15 is 0 Å². The molecule has 0 saturated carbocycles. The highest BCUT2D eigenvalue weighted by molar-refractivity contribution is 14.0. The predicted molar refractivity (Wildman–Crippen MR) is 119 cm³/mol. The summed E-state index contributed by atoms with van der Waals surface area (Å²) in [5.41, 5.74) is 2.39. The minimum atomic E-state index is -0.623. The molecule has 1 aliphatic carbocycles. The molecule has 0 aliphatic heterocycles. The van der Waals surface area contributed by atoms with E-state index in [0.29, 0.717) is 6.54 Å². The summed E-state index contributed by atoms with van der Waals surface area (Å²) in [6.45, 7) is 4.04. The van der Waals surface area contributed by atoms with E-state index in [1.165, 1.54) is 25.7 Å². The van der Waals surface area contributed by atoms with Gasteiger partial charge in [-0.2, -0.15) is 0 Å². The fraction of sp³-hybridized carbons (Fsp3) is 0.550. The minimum Gasteiger partial charge on any atom is -0.497 e. The summed E-state index contributed by atoms with van der Waals surface area (Å²) in [7, 11) is 1.63. The second-order valence-corrected chi connectivity index (χ2v) is 6.29. The Morgan fingerprint density at radius 1 is 1.23 bits per heavy atom. The quantitative estimate of drug-likeness (QED) is 0.233. The van der Waals surface area contributed by atoms with Crippen LogP contribution in [-0.2, 0) is 0 Å². The van der Waals surface area contributed by atoms with Gasteiger partial charge in [0.1, 0.15) is 5.75 Å². The lowest BCUT2D eigenvalue weighted by Gasteiger charge is -2.16. The first-order chi connectivity index (χ1) is 12.2. The van der Waals surface area contributed by atoms with Gasteiger partial charge in [-0.25, -0.2) is 0 Å². The van der Waals surface area contributed by atoms with Crippen LogP contribution in [0.4, 0.5) is 0 Å². The molecule has 5 nitrogen and oxygen atoms in total. The summed E-state index contributed by atoms with van der Waals surface area (Å²) >= 11 is 0. The molecule has 146 valence electrons. The number of guanidine groups is 1. The van der Waals surface area contributed by atoms with Gasteiger partial charge in [-0.1, -0.05) is 23.8 Å². The fourth-order valence-electron chi connectivity index (χ4n) is 2.92. The van der Waals surface area contributed by atoms with E-state index in [1.807, 2.05) is 31.2 Å². The van der Waals surface area contributed by atoms with Crippen molar-refractivity contribution in [2.24, 2.45) is 4.99 Å². The van der Waals surface area contributed by atoms with E-state index in [9.17, 15) is 5.11 Å². The molecule has 6 heteroatoms. The van der Waals surface area contributed by atoms with Gasteiger partial charge in [0.05, 0.1) is 19.8 Å². The fourth-order valence-corrected chi connectivity index (χ4v) is 2.92. The molecule has 0 heterocycles. The van der Waals surface area contributed by atoms with E-state index < -0.39 is 6.10 Å². The molecule has 1 aliphatic rings. The van der Waals surface area contributed by atoms with Gasteiger partial charge < -0.3 is 20.5 Å². The molecule has 1 atom stereocenters. The summed E-state index contributed by atoms with van der Waals surface area (Å²) in [5, 5.41) is 16.9. The maximum absolute atomic E-state index is 10.3. The molecule has 1 aromatic carbocycles. The highest BCUT2D eigenvalue weighted by Crippen LogP contribution is 2.19. The average molecular weight is 473 g/mol. The third kappa shape index (κ3) is 7.95. The minimum absolute atomic E-state index is 0. The lowest BCUT2D eigenvalue weighted by Crippen LogP contribution is -2.38. The molecule has 0 amide bonds. The number of nitrogens with one attached hydrogen (secondary N) is 2. The number of ether oxygens (including phenoxy) is 1. The monoisotopic (exact) mass is 473 g/mol. The van der Waals surface area contributed by atoms with Crippen molar-refractivity contribution in [3.63, 3.8) is 0 Å². The number of hydrogen-bond donors (Lipinski definition) is 3. The largest absolute Gasteiger partial charge is 0.497 e. The van der Waals surface area contributed by atoms with Gasteiger partial charge >= 0.3 is 0 Å². The molecule has 0 saturated heterocycles. The maximum Gasteiger partial charge on any atom is 0.191 e. The molecule has 0 radical (unpaired) electrons. The molecule has 0 spiro atoms. The van der Waals surface area contributed by atoms with Crippen LogP contribution in [0.2, 0.25) is 0 Å². The van der Waals surface area contributed by atoms with Crippen molar-refractivity contribution >= 4 is 29.9 Å². The molecule has 1 unspecified atom stereocenters. The molecule has 0 bridgehead atoms. The van der Waals surface area contributed by atoms with Crippen LogP contribution in [0.25, 0.3) is 0 Å². The lowest BCUT2D eigenvalue weighted by molar-refractivity contribution is 0.187. The Labute approximate surface area is 174 Å². The summed E-state index contributed by atoms with van der Waals surface area (Å²) < 4.78 is 5.14. The number of halogens is 1. The molecule has 2 rings (SSSR count). The van der Waals surface area contributed by atoms with Gasteiger partial charge in [0.2, 0.25) is 0 Å². The van der Waals surface area contributed by atoms with Crippen LogP contribution in [0, 0.1) is 0 Å². The third-order valence-electron chi connectivity index (χ3n) is 4.39. The average Bonchev–Trinajstić information content (AvgIpc) is 2.66. The van der Waals surface area contributed by atoms with Crippen molar-refractivity contribution in [1.29, 1.82) is 0 Å². The highest BCUT2D eigenvalue weighted by atomic mass is 127. The zero-order valence-corrected chi connectivity index (χ0v) is 18.2. The summed E-state index contributed by atoms with van der Waals surface area (Å²) in [5.74, 6) is 1.54. The number of aliphatic imine (C=N–C) groups is 1. The topological polar surface area (TPSA) is 65.9 Å². The van der Waals surface area contributed by atoms with Crippen LogP contribution in [0.1, 0.15) is 50.7 Å². The van der Waals surface area contributed by atoms with Crippen LogP contribution < -0.4 is 15.4 Å². The zero-order valence-electron chi connectivity index (χ0n) is 15.8. The van der Waals surface area contributed by atoms with Crippen molar-refractivity contribution < 1.29 is 9.84 Å². The first kappa shape index (κ1) is 22.8. The predicted octanol–water partition coefficient (Wildman–Crippen LogP) is 3.79. The number of allylic oxidation sites excluding steroid dienone is 1. The van der Waals surface area contributed by atoms with E-state index in [2.05, 4.69) is 21.7 Å². The van der Waals surface area contributed by atoms with Gasteiger partial charge in [0.25, 0.3) is 0 Å².